The van der Waals surface area contributed by atoms with E-state index in [2.05, 4.69) is 18.1 Å². The van der Waals surface area contributed by atoms with Crippen molar-refractivity contribution in [3.8, 4) is 16.9 Å². The van der Waals surface area contributed by atoms with Gasteiger partial charge in [0.1, 0.15) is 5.75 Å². The Labute approximate surface area is 235 Å². The number of ether oxygens (including phenoxy) is 1. The summed E-state index contributed by atoms with van der Waals surface area (Å²) in [7, 11) is -4.27. The summed E-state index contributed by atoms with van der Waals surface area (Å²) in [6.07, 6.45) is 6.51. The smallest absolute Gasteiger partial charge is 0.294 e. The van der Waals surface area contributed by atoms with Crippen molar-refractivity contribution >= 4 is 21.7 Å². The summed E-state index contributed by atoms with van der Waals surface area (Å²) in [6.45, 7) is 5.64. The molecule has 2 heterocycles. The predicted octanol–water partition coefficient (Wildman–Crippen LogP) is 5.60. The van der Waals surface area contributed by atoms with Gasteiger partial charge < -0.3 is 9.64 Å². The molecular weight excluding hydrogens is 526 g/mol. The van der Waals surface area contributed by atoms with E-state index in [1.807, 2.05) is 48.4 Å². The van der Waals surface area contributed by atoms with Crippen LogP contribution in [0.25, 0.3) is 11.1 Å². The Morgan fingerprint density at radius 1 is 1.07 bits per heavy atom. The van der Waals surface area contributed by atoms with Gasteiger partial charge in [0.05, 0.1) is 24.2 Å². The van der Waals surface area contributed by atoms with Crippen LogP contribution in [0.5, 0.6) is 5.75 Å². The molecule has 3 aromatic carbocycles. The molecule has 40 heavy (non-hydrogen) atoms. The molecule has 1 aliphatic heterocycles. The SMILES string of the molecule is Cc1cccc(OCCCC(=O)N2CCCc3c(-c4cnn(Cc5cccc(S(=O)(=O)O)c5)c4)cccc32)c1C. The van der Waals surface area contributed by atoms with Crippen molar-refractivity contribution in [1.82, 2.24) is 9.78 Å². The van der Waals surface area contributed by atoms with Gasteiger partial charge in [-0.25, -0.2) is 0 Å². The van der Waals surface area contributed by atoms with Crippen LogP contribution in [0.3, 0.4) is 0 Å². The molecule has 9 heteroatoms. The summed E-state index contributed by atoms with van der Waals surface area (Å²) >= 11 is 0. The number of nitrogens with zero attached hydrogens (tertiary/aromatic N) is 3. The van der Waals surface area contributed by atoms with E-state index in [0.29, 0.717) is 38.1 Å². The number of aromatic nitrogens is 2. The van der Waals surface area contributed by atoms with Crippen molar-refractivity contribution in [2.24, 2.45) is 0 Å². The largest absolute Gasteiger partial charge is 0.493 e. The lowest BCUT2D eigenvalue weighted by molar-refractivity contribution is -0.118. The first-order chi connectivity index (χ1) is 19.2. The Hall–Kier alpha value is -3.95. The van der Waals surface area contributed by atoms with Crippen molar-refractivity contribution in [3.63, 3.8) is 0 Å². The number of fused-ring (bicyclic) bond motifs is 1. The Kier molecular flexibility index (Phi) is 8.04. The van der Waals surface area contributed by atoms with Gasteiger partial charge in [-0.05, 0) is 85.2 Å². The van der Waals surface area contributed by atoms with Gasteiger partial charge in [-0.2, -0.15) is 13.5 Å². The summed E-state index contributed by atoms with van der Waals surface area (Å²) in [4.78, 5) is 15.0. The Balaban J connectivity index is 1.27. The fourth-order valence-corrected chi connectivity index (χ4v) is 5.71. The van der Waals surface area contributed by atoms with Crippen LogP contribution in [-0.2, 0) is 27.9 Å². The maximum atomic E-state index is 13.2. The number of aryl methyl sites for hydroxylation is 1. The van der Waals surface area contributed by atoms with Crippen molar-refractivity contribution in [1.29, 1.82) is 0 Å². The van der Waals surface area contributed by atoms with E-state index in [1.54, 1.807) is 23.0 Å². The zero-order valence-corrected chi connectivity index (χ0v) is 23.5. The van der Waals surface area contributed by atoms with E-state index in [1.165, 1.54) is 17.7 Å². The van der Waals surface area contributed by atoms with E-state index in [9.17, 15) is 17.8 Å². The topological polar surface area (TPSA) is 102 Å². The second-order valence-corrected chi connectivity index (χ2v) is 11.6. The minimum Gasteiger partial charge on any atom is -0.493 e. The molecule has 0 radical (unpaired) electrons. The first kappa shape index (κ1) is 27.6. The van der Waals surface area contributed by atoms with Crippen LogP contribution in [0.1, 0.15) is 41.5 Å². The third-order valence-corrected chi connectivity index (χ3v) is 8.23. The number of benzene rings is 3. The summed E-state index contributed by atoms with van der Waals surface area (Å²) in [6, 6.07) is 18.2. The minimum atomic E-state index is -4.27. The van der Waals surface area contributed by atoms with Crippen LogP contribution >= 0.6 is 0 Å². The van der Waals surface area contributed by atoms with Crippen molar-refractivity contribution < 1.29 is 22.5 Å². The van der Waals surface area contributed by atoms with Gasteiger partial charge in [0.25, 0.3) is 10.1 Å². The summed E-state index contributed by atoms with van der Waals surface area (Å²) in [5.41, 5.74) is 7.05. The average molecular weight is 560 g/mol. The second kappa shape index (κ2) is 11.7. The van der Waals surface area contributed by atoms with Crippen LogP contribution < -0.4 is 9.64 Å². The maximum absolute atomic E-state index is 13.2. The van der Waals surface area contributed by atoms with Crippen LogP contribution in [0.15, 0.2) is 78.0 Å². The molecule has 0 saturated carbocycles. The van der Waals surface area contributed by atoms with E-state index in [0.717, 1.165) is 46.5 Å². The highest BCUT2D eigenvalue weighted by Crippen LogP contribution is 2.36. The number of hydrogen-bond donors (Lipinski definition) is 1. The normalized spacial score (nSPS) is 13.2. The number of anilines is 1. The van der Waals surface area contributed by atoms with E-state index < -0.39 is 10.1 Å². The summed E-state index contributed by atoms with van der Waals surface area (Å²) in [5, 5.41) is 4.48. The van der Waals surface area contributed by atoms with E-state index in [-0.39, 0.29) is 10.8 Å². The lowest BCUT2D eigenvalue weighted by Crippen LogP contribution is -2.35. The molecule has 8 nitrogen and oxygen atoms in total. The van der Waals surface area contributed by atoms with Crippen LogP contribution in [0.2, 0.25) is 0 Å². The number of carbonyl (C=O) groups is 1. The van der Waals surface area contributed by atoms with Crippen LogP contribution in [0, 0.1) is 13.8 Å². The molecule has 0 bridgehead atoms. The highest BCUT2D eigenvalue weighted by molar-refractivity contribution is 7.85. The number of carbonyl (C=O) groups excluding carboxylic acids is 1. The number of amides is 1. The number of hydrogen-bond acceptors (Lipinski definition) is 5. The molecule has 0 unspecified atom stereocenters. The lowest BCUT2D eigenvalue weighted by Gasteiger charge is -2.31. The molecular formula is C31H33N3O5S. The molecule has 0 fully saturated rings. The average Bonchev–Trinajstić information content (AvgIpc) is 3.40. The predicted molar refractivity (Wildman–Crippen MR) is 154 cm³/mol. The molecule has 0 saturated heterocycles. The Morgan fingerprint density at radius 3 is 2.70 bits per heavy atom. The molecule has 5 rings (SSSR count). The molecule has 1 N–H and O–H groups in total. The van der Waals surface area contributed by atoms with E-state index in [4.69, 9.17) is 4.74 Å². The quantitative estimate of drug-likeness (QED) is 0.212. The van der Waals surface area contributed by atoms with Gasteiger partial charge >= 0.3 is 0 Å². The van der Waals surface area contributed by atoms with E-state index >= 15 is 0 Å². The van der Waals surface area contributed by atoms with Crippen molar-refractivity contribution in [2.45, 2.75) is 51.0 Å². The van der Waals surface area contributed by atoms with Gasteiger partial charge in [0, 0.05) is 30.4 Å². The fourth-order valence-electron chi connectivity index (χ4n) is 5.16. The zero-order chi connectivity index (χ0) is 28.3. The molecule has 1 aliphatic rings. The second-order valence-electron chi connectivity index (χ2n) is 10.2. The van der Waals surface area contributed by atoms with Gasteiger partial charge in [-0.1, -0.05) is 36.4 Å². The molecule has 0 aliphatic carbocycles. The van der Waals surface area contributed by atoms with Gasteiger partial charge in [0.15, 0.2) is 0 Å². The van der Waals surface area contributed by atoms with Crippen LogP contribution in [-0.4, -0.2) is 41.8 Å². The lowest BCUT2D eigenvalue weighted by atomic mass is 9.93. The first-order valence-electron chi connectivity index (χ1n) is 13.4. The zero-order valence-electron chi connectivity index (χ0n) is 22.7. The Morgan fingerprint density at radius 2 is 1.88 bits per heavy atom. The standard InChI is InChI=1S/C31H33N3O5S/c1-22-8-3-14-30(23(22)2)39-17-7-15-31(35)34-16-6-12-28-27(11-5-13-29(28)34)25-19-32-33(21-25)20-24-9-4-10-26(18-24)40(36,37)38/h3-5,8-11,13-14,18-19,21H,6-7,12,15-17,20H2,1-2H3,(H,36,37,38). The highest BCUT2D eigenvalue weighted by Gasteiger charge is 2.25. The fraction of sp³-hybridized carbons (Fsp3) is 0.290. The minimum absolute atomic E-state index is 0.0945. The summed E-state index contributed by atoms with van der Waals surface area (Å²) < 4.78 is 40.0. The summed E-state index contributed by atoms with van der Waals surface area (Å²) in [5.74, 6) is 0.962. The number of rotatable bonds is 9. The molecule has 1 amide bonds. The molecule has 0 spiro atoms. The van der Waals surface area contributed by atoms with Gasteiger partial charge in [0.2, 0.25) is 5.91 Å². The monoisotopic (exact) mass is 559 g/mol. The molecule has 208 valence electrons. The molecule has 1 aromatic heterocycles. The third kappa shape index (κ3) is 6.11. The highest BCUT2D eigenvalue weighted by atomic mass is 32.2. The van der Waals surface area contributed by atoms with Crippen molar-refractivity contribution in [2.75, 3.05) is 18.1 Å². The van der Waals surface area contributed by atoms with Gasteiger partial charge in [-0.3, -0.25) is 14.0 Å². The third-order valence-electron chi connectivity index (χ3n) is 7.38. The maximum Gasteiger partial charge on any atom is 0.294 e. The Bertz CT molecular complexity index is 1640. The molecule has 4 aromatic rings. The van der Waals surface area contributed by atoms with Crippen LogP contribution in [0.4, 0.5) is 5.69 Å². The first-order valence-corrected chi connectivity index (χ1v) is 14.9. The van der Waals surface area contributed by atoms with Gasteiger partial charge in [-0.15, -0.1) is 0 Å². The molecule has 0 atom stereocenters. The van der Waals surface area contributed by atoms with Crippen molar-refractivity contribution in [3.05, 3.63) is 95.3 Å².